The minimum atomic E-state index is -3.86. The molecule has 0 N–H and O–H groups in total. The second-order valence-corrected chi connectivity index (χ2v) is 10.1. The molecule has 1 aliphatic heterocycles. The Bertz CT molecular complexity index is 1240. The number of carbonyl (C=O) groups is 1. The third-order valence-corrected chi connectivity index (χ3v) is 7.60. The van der Waals surface area contributed by atoms with Crippen LogP contribution >= 0.6 is 11.6 Å². The van der Waals surface area contributed by atoms with Gasteiger partial charge in [-0.05, 0) is 56.2 Å². The Balaban J connectivity index is 1.49. The Labute approximate surface area is 191 Å². The van der Waals surface area contributed by atoms with Gasteiger partial charge in [-0.15, -0.1) is 0 Å². The number of aromatic nitrogens is 2. The average molecular weight is 475 g/mol. The predicted molar refractivity (Wildman–Crippen MR) is 120 cm³/mol. The van der Waals surface area contributed by atoms with Gasteiger partial charge in [0.2, 0.25) is 5.89 Å². The lowest BCUT2D eigenvalue weighted by molar-refractivity contribution is 0.0704. The van der Waals surface area contributed by atoms with Gasteiger partial charge >= 0.3 is 0 Å². The Morgan fingerprint density at radius 1 is 1.16 bits per heavy atom. The number of hydrogen-bond donors (Lipinski definition) is 0. The Morgan fingerprint density at radius 3 is 2.53 bits per heavy atom. The molecule has 0 aliphatic carbocycles. The lowest BCUT2D eigenvalue weighted by Gasteiger charge is -2.30. The van der Waals surface area contributed by atoms with Crippen molar-refractivity contribution in [2.24, 2.45) is 0 Å². The van der Waals surface area contributed by atoms with Crippen LogP contribution < -0.4 is 4.31 Å². The summed E-state index contributed by atoms with van der Waals surface area (Å²) in [5.74, 6) is 1.12. The minimum Gasteiger partial charge on any atom is -0.339 e. The maximum Gasteiger partial charge on any atom is 0.264 e. The summed E-state index contributed by atoms with van der Waals surface area (Å²) in [4.78, 5) is 19.1. The van der Waals surface area contributed by atoms with Crippen LogP contribution in [0.25, 0.3) is 0 Å². The van der Waals surface area contributed by atoms with E-state index < -0.39 is 10.0 Å². The molecule has 2 aromatic carbocycles. The van der Waals surface area contributed by atoms with E-state index in [1.54, 1.807) is 48.2 Å². The number of hydrogen-bond acceptors (Lipinski definition) is 6. The summed E-state index contributed by atoms with van der Waals surface area (Å²) in [6.45, 7) is 2.84. The van der Waals surface area contributed by atoms with Crippen molar-refractivity contribution in [1.29, 1.82) is 0 Å². The molecule has 0 atom stereocenters. The summed E-state index contributed by atoms with van der Waals surface area (Å²) in [7, 11) is -2.40. The van der Waals surface area contributed by atoms with Crippen molar-refractivity contribution in [2.75, 3.05) is 24.4 Å². The number of benzene rings is 2. The van der Waals surface area contributed by atoms with E-state index in [9.17, 15) is 13.2 Å². The SMILES string of the molecule is Cc1noc(C2CCN(C(=O)c3cccc(S(=O)(=O)N(C)c4cccc(Cl)c4)c3)CC2)n1. The van der Waals surface area contributed by atoms with Crippen molar-refractivity contribution in [3.63, 3.8) is 0 Å². The lowest BCUT2D eigenvalue weighted by Crippen LogP contribution is -2.38. The van der Waals surface area contributed by atoms with Gasteiger partial charge in [-0.1, -0.05) is 28.9 Å². The van der Waals surface area contributed by atoms with Crippen LogP contribution in [0.4, 0.5) is 5.69 Å². The van der Waals surface area contributed by atoms with E-state index in [1.807, 2.05) is 0 Å². The summed E-state index contributed by atoms with van der Waals surface area (Å²) in [6.07, 6.45) is 1.42. The van der Waals surface area contributed by atoms with E-state index in [0.717, 1.165) is 4.31 Å². The molecule has 0 saturated carbocycles. The molecule has 4 rings (SSSR count). The fourth-order valence-electron chi connectivity index (χ4n) is 3.75. The number of nitrogens with zero attached hydrogens (tertiary/aromatic N) is 4. The molecule has 8 nitrogen and oxygen atoms in total. The molecular weight excluding hydrogens is 452 g/mol. The highest BCUT2D eigenvalue weighted by Gasteiger charge is 2.29. The number of rotatable bonds is 5. The molecular formula is C22H23ClN4O4S. The number of piperidine rings is 1. The Hall–Kier alpha value is -2.91. The number of amides is 1. The highest BCUT2D eigenvalue weighted by molar-refractivity contribution is 7.92. The van der Waals surface area contributed by atoms with E-state index >= 15 is 0 Å². The Kier molecular flexibility index (Phi) is 6.21. The first kappa shape index (κ1) is 22.3. The molecule has 2 heterocycles. The van der Waals surface area contributed by atoms with Crippen LogP contribution in [-0.4, -0.2) is 49.5 Å². The number of aryl methyl sites for hydroxylation is 1. The summed E-state index contributed by atoms with van der Waals surface area (Å²) >= 11 is 6.00. The van der Waals surface area contributed by atoms with Crippen LogP contribution in [0.2, 0.25) is 5.02 Å². The molecule has 1 fully saturated rings. The molecule has 0 radical (unpaired) electrons. The maximum absolute atomic E-state index is 13.1. The molecule has 0 unspecified atom stereocenters. The second-order valence-electron chi connectivity index (χ2n) is 7.73. The number of carbonyl (C=O) groups excluding carboxylic acids is 1. The zero-order chi connectivity index (χ0) is 22.9. The van der Waals surface area contributed by atoms with Crippen LogP contribution in [0.3, 0.4) is 0 Å². The Morgan fingerprint density at radius 2 is 1.88 bits per heavy atom. The predicted octanol–water partition coefficient (Wildman–Crippen LogP) is 3.88. The van der Waals surface area contributed by atoms with Gasteiger partial charge in [0.05, 0.1) is 10.6 Å². The van der Waals surface area contributed by atoms with Crippen molar-refractivity contribution in [2.45, 2.75) is 30.6 Å². The van der Waals surface area contributed by atoms with Gasteiger partial charge in [-0.2, -0.15) is 4.98 Å². The quantitative estimate of drug-likeness (QED) is 0.556. The van der Waals surface area contributed by atoms with Gasteiger partial charge in [-0.25, -0.2) is 8.42 Å². The molecule has 3 aromatic rings. The van der Waals surface area contributed by atoms with Crippen LogP contribution in [0.15, 0.2) is 57.9 Å². The van der Waals surface area contributed by atoms with Gasteiger partial charge in [0, 0.05) is 36.6 Å². The van der Waals surface area contributed by atoms with Crippen LogP contribution in [-0.2, 0) is 10.0 Å². The number of likely N-dealkylation sites (tertiary alicyclic amines) is 1. The minimum absolute atomic E-state index is 0.0436. The highest BCUT2D eigenvalue weighted by Crippen LogP contribution is 2.29. The van der Waals surface area contributed by atoms with Crippen LogP contribution in [0, 0.1) is 6.92 Å². The van der Waals surface area contributed by atoms with Gasteiger partial charge in [0.25, 0.3) is 15.9 Å². The molecule has 1 aliphatic rings. The first-order chi connectivity index (χ1) is 15.3. The molecule has 1 saturated heterocycles. The van der Waals surface area contributed by atoms with Crippen LogP contribution in [0.5, 0.6) is 0 Å². The molecule has 0 spiro atoms. The summed E-state index contributed by atoms with van der Waals surface area (Å²) in [5.41, 5.74) is 0.769. The number of anilines is 1. The molecule has 32 heavy (non-hydrogen) atoms. The average Bonchev–Trinajstić information content (AvgIpc) is 3.24. The van der Waals surface area contributed by atoms with E-state index in [4.69, 9.17) is 16.1 Å². The van der Waals surface area contributed by atoms with Crippen molar-refractivity contribution < 1.29 is 17.7 Å². The maximum atomic E-state index is 13.1. The molecule has 10 heteroatoms. The summed E-state index contributed by atoms with van der Waals surface area (Å²) in [5, 5.41) is 4.27. The second kappa shape index (κ2) is 8.91. The normalized spacial score (nSPS) is 15.0. The van der Waals surface area contributed by atoms with E-state index in [0.29, 0.717) is 53.9 Å². The van der Waals surface area contributed by atoms with Crippen molar-refractivity contribution >= 4 is 33.2 Å². The number of sulfonamides is 1. The standard InChI is InChI=1S/C22H23ClN4O4S/c1-15-24-21(31-25-15)16-9-11-27(12-10-16)22(28)17-5-3-8-20(13-17)32(29,30)26(2)19-7-4-6-18(23)14-19/h3-8,13-14,16H,9-12H2,1-2H3. The van der Waals surface area contributed by atoms with E-state index in [2.05, 4.69) is 10.1 Å². The first-order valence-corrected chi connectivity index (χ1v) is 12.0. The fourth-order valence-corrected chi connectivity index (χ4v) is 5.17. The van der Waals surface area contributed by atoms with Gasteiger partial charge in [0.1, 0.15) is 0 Å². The molecule has 1 amide bonds. The van der Waals surface area contributed by atoms with Gasteiger partial charge in [0.15, 0.2) is 5.82 Å². The number of halogens is 1. The van der Waals surface area contributed by atoms with Gasteiger partial charge in [-0.3, -0.25) is 9.10 Å². The van der Waals surface area contributed by atoms with Crippen molar-refractivity contribution in [3.8, 4) is 0 Å². The zero-order valence-corrected chi connectivity index (χ0v) is 19.3. The van der Waals surface area contributed by atoms with Crippen molar-refractivity contribution in [1.82, 2.24) is 15.0 Å². The van der Waals surface area contributed by atoms with E-state index in [-0.39, 0.29) is 16.7 Å². The van der Waals surface area contributed by atoms with Crippen LogP contribution in [0.1, 0.15) is 40.8 Å². The zero-order valence-electron chi connectivity index (χ0n) is 17.7. The molecule has 0 bridgehead atoms. The summed E-state index contributed by atoms with van der Waals surface area (Å²) in [6, 6.07) is 12.7. The smallest absolute Gasteiger partial charge is 0.264 e. The third-order valence-electron chi connectivity index (χ3n) is 5.59. The lowest BCUT2D eigenvalue weighted by atomic mass is 9.96. The van der Waals surface area contributed by atoms with E-state index in [1.165, 1.54) is 19.2 Å². The van der Waals surface area contributed by atoms with Crippen molar-refractivity contribution in [3.05, 3.63) is 70.8 Å². The molecule has 168 valence electrons. The largest absolute Gasteiger partial charge is 0.339 e. The third kappa shape index (κ3) is 4.49. The molecule has 1 aromatic heterocycles. The first-order valence-electron chi connectivity index (χ1n) is 10.2. The monoisotopic (exact) mass is 474 g/mol. The topological polar surface area (TPSA) is 96.6 Å². The highest BCUT2D eigenvalue weighted by atomic mass is 35.5. The van der Waals surface area contributed by atoms with Gasteiger partial charge < -0.3 is 9.42 Å². The summed E-state index contributed by atoms with van der Waals surface area (Å²) < 4.78 is 32.7. The fraction of sp³-hybridized carbons (Fsp3) is 0.318.